The molecule has 0 spiro atoms. The van der Waals surface area contributed by atoms with Crippen LogP contribution in [0.5, 0.6) is 0 Å². The largest absolute Gasteiger partial charge is 0.464 e. The van der Waals surface area contributed by atoms with Gasteiger partial charge in [-0.25, -0.2) is 4.79 Å². The van der Waals surface area contributed by atoms with E-state index in [9.17, 15) is 14.7 Å². The van der Waals surface area contributed by atoms with Crippen LogP contribution in [0, 0.1) is 0 Å². The van der Waals surface area contributed by atoms with Gasteiger partial charge in [0.1, 0.15) is 0 Å². The third-order valence-electron chi connectivity index (χ3n) is 2.66. The maximum absolute atomic E-state index is 11.6. The minimum Gasteiger partial charge on any atom is -0.464 e. The molecule has 6 nitrogen and oxygen atoms in total. The van der Waals surface area contributed by atoms with Crippen LogP contribution in [0.3, 0.4) is 0 Å². The second-order valence-electron chi connectivity index (χ2n) is 4.98. The van der Waals surface area contributed by atoms with Crippen LogP contribution in [0.1, 0.15) is 33.6 Å². The first kappa shape index (κ1) is 14.9. The van der Waals surface area contributed by atoms with E-state index in [2.05, 4.69) is 5.32 Å². The fraction of sp³-hybridized carbons (Fsp3) is 0.833. The summed E-state index contributed by atoms with van der Waals surface area (Å²) in [5, 5.41) is 12.4. The Labute approximate surface area is 107 Å². The highest BCUT2D eigenvalue weighted by molar-refractivity contribution is 5.89. The van der Waals surface area contributed by atoms with Crippen molar-refractivity contribution in [3.63, 3.8) is 0 Å². The van der Waals surface area contributed by atoms with Gasteiger partial charge in [-0.1, -0.05) is 13.3 Å². The Hall–Kier alpha value is -1.14. The molecular formula is C12H21NO5. The standard InChI is InChI=1S/C12H21NO5/c1-4-5-6-17-11(16)8(14)9-10(15)13-7-12(2,3)18-9/h8-9,14H,4-7H2,1-3H3,(H,13,15). The highest BCUT2D eigenvalue weighted by Crippen LogP contribution is 2.18. The number of hydrogen-bond acceptors (Lipinski definition) is 5. The number of esters is 1. The van der Waals surface area contributed by atoms with Crippen LogP contribution in [-0.4, -0.2) is 47.9 Å². The van der Waals surface area contributed by atoms with Crippen LogP contribution in [0.25, 0.3) is 0 Å². The van der Waals surface area contributed by atoms with Crippen molar-refractivity contribution in [2.24, 2.45) is 0 Å². The molecular weight excluding hydrogens is 238 g/mol. The topological polar surface area (TPSA) is 84.9 Å². The van der Waals surface area contributed by atoms with E-state index < -0.39 is 29.7 Å². The summed E-state index contributed by atoms with van der Waals surface area (Å²) in [4.78, 5) is 23.1. The Morgan fingerprint density at radius 2 is 2.33 bits per heavy atom. The van der Waals surface area contributed by atoms with Gasteiger partial charge < -0.3 is 19.9 Å². The molecule has 0 saturated carbocycles. The van der Waals surface area contributed by atoms with Crippen LogP contribution in [-0.2, 0) is 19.1 Å². The first-order chi connectivity index (χ1) is 8.37. The first-order valence-electron chi connectivity index (χ1n) is 6.17. The number of rotatable bonds is 5. The van der Waals surface area contributed by atoms with Gasteiger partial charge in [0.05, 0.1) is 12.2 Å². The Kier molecular flexibility index (Phi) is 5.10. The molecule has 18 heavy (non-hydrogen) atoms. The van der Waals surface area contributed by atoms with E-state index in [1.54, 1.807) is 13.8 Å². The lowest BCUT2D eigenvalue weighted by Gasteiger charge is -2.36. The average molecular weight is 259 g/mol. The Bertz CT molecular complexity index is 316. The summed E-state index contributed by atoms with van der Waals surface area (Å²) in [6.07, 6.45) is -1.18. The summed E-state index contributed by atoms with van der Waals surface area (Å²) in [7, 11) is 0. The van der Waals surface area contributed by atoms with Gasteiger partial charge in [0, 0.05) is 6.54 Å². The third kappa shape index (κ3) is 3.96. The zero-order valence-electron chi connectivity index (χ0n) is 11.1. The summed E-state index contributed by atoms with van der Waals surface area (Å²) >= 11 is 0. The van der Waals surface area contributed by atoms with Crippen LogP contribution >= 0.6 is 0 Å². The van der Waals surface area contributed by atoms with Crippen LogP contribution in [0.15, 0.2) is 0 Å². The fourth-order valence-electron chi connectivity index (χ4n) is 1.57. The maximum Gasteiger partial charge on any atom is 0.338 e. The monoisotopic (exact) mass is 259 g/mol. The molecule has 2 unspecified atom stereocenters. The van der Waals surface area contributed by atoms with Gasteiger partial charge in [-0.05, 0) is 20.3 Å². The highest BCUT2D eigenvalue weighted by atomic mass is 16.6. The number of amides is 1. The zero-order valence-corrected chi connectivity index (χ0v) is 11.1. The number of nitrogens with one attached hydrogen (secondary N) is 1. The minimum absolute atomic E-state index is 0.240. The van der Waals surface area contributed by atoms with Crippen molar-refractivity contribution >= 4 is 11.9 Å². The molecule has 1 rings (SSSR count). The van der Waals surface area contributed by atoms with Crippen LogP contribution in [0.2, 0.25) is 0 Å². The van der Waals surface area contributed by atoms with Gasteiger partial charge in [0.15, 0.2) is 12.2 Å². The molecule has 1 aliphatic heterocycles. The second kappa shape index (κ2) is 6.15. The van der Waals surface area contributed by atoms with E-state index in [0.29, 0.717) is 6.54 Å². The van der Waals surface area contributed by atoms with E-state index in [1.165, 1.54) is 0 Å². The SMILES string of the molecule is CCCCOC(=O)C(O)C1OC(C)(C)CNC1=O. The number of aliphatic hydroxyl groups excluding tert-OH is 1. The third-order valence-corrected chi connectivity index (χ3v) is 2.66. The lowest BCUT2D eigenvalue weighted by molar-refractivity contribution is -0.185. The summed E-state index contributed by atoms with van der Waals surface area (Å²) in [6.45, 7) is 6.09. The quantitative estimate of drug-likeness (QED) is 0.535. The van der Waals surface area contributed by atoms with Gasteiger partial charge in [0.25, 0.3) is 5.91 Å². The number of carbonyl (C=O) groups excluding carboxylic acids is 2. The van der Waals surface area contributed by atoms with E-state index in [-0.39, 0.29) is 6.61 Å². The molecule has 1 fully saturated rings. The predicted octanol–water partition coefficient (Wildman–Crippen LogP) is -0.0158. The van der Waals surface area contributed by atoms with Crippen molar-refractivity contribution in [3.8, 4) is 0 Å². The lowest BCUT2D eigenvalue weighted by atomic mass is 10.0. The Morgan fingerprint density at radius 1 is 1.67 bits per heavy atom. The van der Waals surface area contributed by atoms with E-state index >= 15 is 0 Å². The normalized spacial score (nSPS) is 24.2. The zero-order chi connectivity index (χ0) is 13.8. The molecule has 104 valence electrons. The van der Waals surface area contributed by atoms with Crippen molar-refractivity contribution in [2.45, 2.75) is 51.4 Å². The Morgan fingerprint density at radius 3 is 2.94 bits per heavy atom. The summed E-state index contributed by atoms with van der Waals surface area (Å²) in [5.74, 6) is -1.31. The molecule has 0 radical (unpaired) electrons. The summed E-state index contributed by atoms with van der Waals surface area (Å²) in [6, 6.07) is 0. The maximum atomic E-state index is 11.6. The molecule has 1 aliphatic rings. The fourth-order valence-corrected chi connectivity index (χ4v) is 1.57. The van der Waals surface area contributed by atoms with Gasteiger partial charge >= 0.3 is 5.97 Å². The van der Waals surface area contributed by atoms with Gasteiger partial charge in [-0.15, -0.1) is 0 Å². The van der Waals surface area contributed by atoms with Crippen LogP contribution < -0.4 is 5.32 Å². The van der Waals surface area contributed by atoms with Crippen LogP contribution in [0.4, 0.5) is 0 Å². The number of aliphatic hydroxyl groups is 1. The summed E-state index contributed by atoms with van der Waals surface area (Å²) < 4.78 is 10.3. The van der Waals surface area contributed by atoms with E-state index in [1.807, 2.05) is 6.92 Å². The number of hydrogen-bond donors (Lipinski definition) is 2. The van der Waals surface area contributed by atoms with Crippen molar-refractivity contribution in [1.82, 2.24) is 5.32 Å². The molecule has 2 atom stereocenters. The Balaban J connectivity index is 2.55. The number of unbranched alkanes of at least 4 members (excludes halogenated alkanes) is 1. The van der Waals surface area contributed by atoms with Gasteiger partial charge in [-0.2, -0.15) is 0 Å². The molecule has 1 amide bonds. The molecule has 1 saturated heterocycles. The molecule has 0 aromatic rings. The lowest BCUT2D eigenvalue weighted by Crippen LogP contribution is -2.59. The minimum atomic E-state index is -1.58. The molecule has 6 heteroatoms. The first-order valence-corrected chi connectivity index (χ1v) is 6.17. The molecule has 2 N–H and O–H groups in total. The molecule has 0 aliphatic carbocycles. The summed E-state index contributed by atoms with van der Waals surface area (Å²) in [5.41, 5.74) is -0.608. The van der Waals surface area contributed by atoms with E-state index in [0.717, 1.165) is 12.8 Å². The second-order valence-corrected chi connectivity index (χ2v) is 4.98. The van der Waals surface area contributed by atoms with Gasteiger partial charge in [-0.3, -0.25) is 4.79 Å². The van der Waals surface area contributed by atoms with Crippen molar-refractivity contribution in [2.75, 3.05) is 13.2 Å². The van der Waals surface area contributed by atoms with Crippen molar-refractivity contribution < 1.29 is 24.2 Å². The molecule has 0 bridgehead atoms. The smallest absolute Gasteiger partial charge is 0.338 e. The van der Waals surface area contributed by atoms with E-state index in [4.69, 9.17) is 9.47 Å². The van der Waals surface area contributed by atoms with Crippen molar-refractivity contribution in [1.29, 1.82) is 0 Å². The predicted molar refractivity (Wildman–Crippen MR) is 63.8 cm³/mol. The van der Waals surface area contributed by atoms with Gasteiger partial charge in [0.2, 0.25) is 0 Å². The number of carbonyl (C=O) groups is 2. The molecule has 0 aromatic carbocycles. The number of morpholine rings is 1. The highest BCUT2D eigenvalue weighted by Gasteiger charge is 2.42. The van der Waals surface area contributed by atoms with Crippen molar-refractivity contribution in [3.05, 3.63) is 0 Å². The average Bonchev–Trinajstić information content (AvgIpc) is 2.31. The molecule has 1 heterocycles. The molecule has 0 aromatic heterocycles. The number of ether oxygens (including phenoxy) is 2.